The molecule has 0 saturated heterocycles. The molecule has 0 fully saturated rings. The maximum Gasteiger partial charge on any atom is 0.290 e. The van der Waals surface area contributed by atoms with E-state index in [0.29, 0.717) is 33.9 Å². The molecule has 1 unspecified atom stereocenters. The first-order valence-corrected chi connectivity index (χ1v) is 11.1. The van der Waals surface area contributed by atoms with Crippen molar-refractivity contribution in [2.75, 3.05) is 7.11 Å². The first-order chi connectivity index (χ1) is 17.1. The number of methoxy groups -OCH3 is 1. The summed E-state index contributed by atoms with van der Waals surface area (Å²) in [7, 11) is 1.55. The summed E-state index contributed by atoms with van der Waals surface area (Å²) in [4.78, 5) is 33.7. The maximum absolute atomic E-state index is 13.8. The van der Waals surface area contributed by atoms with Crippen LogP contribution in [0.4, 0.5) is 0 Å². The van der Waals surface area contributed by atoms with Gasteiger partial charge in [0.25, 0.3) is 11.5 Å². The van der Waals surface area contributed by atoms with Crippen molar-refractivity contribution in [1.82, 2.24) is 14.5 Å². The van der Waals surface area contributed by atoms with Crippen LogP contribution in [0.1, 0.15) is 35.1 Å². The fraction of sp³-hybridized carbons (Fsp3) is 0.148. The largest absolute Gasteiger partial charge is 0.495 e. The summed E-state index contributed by atoms with van der Waals surface area (Å²) in [6, 6.07) is 20.5. The van der Waals surface area contributed by atoms with Crippen molar-refractivity contribution in [3.63, 3.8) is 0 Å². The van der Waals surface area contributed by atoms with Gasteiger partial charge in [0.15, 0.2) is 5.76 Å². The Hall–Kier alpha value is -4.59. The lowest BCUT2D eigenvalue weighted by Gasteiger charge is -2.29. The minimum absolute atomic E-state index is 0.155. The first kappa shape index (κ1) is 22.2. The molecule has 0 saturated carbocycles. The predicted octanol–water partition coefficient (Wildman–Crippen LogP) is 4.98. The molecule has 0 aliphatic rings. The number of fused-ring (bicyclic) bond motifs is 1. The van der Waals surface area contributed by atoms with Crippen LogP contribution in [0, 0.1) is 0 Å². The zero-order valence-electron chi connectivity index (χ0n) is 19.3. The minimum atomic E-state index is -0.639. The molecule has 3 aromatic heterocycles. The third-order valence-electron chi connectivity index (χ3n) is 5.87. The number of amides is 1. The van der Waals surface area contributed by atoms with Crippen LogP contribution < -0.4 is 10.3 Å². The molecule has 5 rings (SSSR count). The lowest BCUT2D eigenvalue weighted by molar-refractivity contribution is 0.0615. The monoisotopic (exact) mass is 469 g/mol. The summed E-state index contributed by atoms with van der Waals surface area (Å²) in [5.41, 5.74) is 0.808. The number of para-hydroxylation sites is 3. The lowest BCUT2D eigenvalue weighted by Crippen LogP contribution is -2.37. The SMILES string of the molecule is COc1ccccc1-n1c(C(C)N(Cc2ccco2)C(=O)c2ccco2)nc2ccccc2c1=O. The molecular weight excluding hydrogens is 446 g/mol. The zero-order valence-corrected chi connectivity index (χ0v) is 19.3. The summed E-state index contributed by atoms with van der Waals surface area (Å²) in [5, 5.41) is 0.462. The molecule has 0 N–H and O–H groups in total. The first-order valence-electron chi connectivity index (χ1n) is 11.1. The Bertz CT molecular complexity index is 1520. The molecule has 0 bridgehead atoms. The molecule has 5 aromatic rings. The van der Waals surface area contributed by atoms with E-state index in [1.54, 1.807) is 72.9 Å². The van der Waals surface area contributed by atoms with Gasteiger partial charge in [0.05, 0.1) is 48.8 Å². The average Bonchev–Trinajstić information content (AvgIpc) is 3.61. The van der Waals surface area contributed by atoms with E-state index in [0.717, 1.165) is 0 Å². The Morgan fingerprint density at radius 1 is 1.00 bits per heavy atom. The fourth-order valence-corrected chi connectivity index (χ4v) is 4.11. The summed E-state index contributed by atoms with van der Waals surface area (Å²) >= 11 is 0. The highest BCUT2D eigenvalue weighted by Gasteiger charge is 2.30. The molecule has 35 heavy (non-hydrogen) atoms. The van der Waals surface area contributed by atoms with Gasteiger partial charge in [-0.1, -0.05) is 24.3 Å². The molecule has 2 aromatic carbocycles. The molecule has 0 aliphatic carbocycles. The van der Waals surface area contributed by atoms with Gasteiger partial charge in [-0.05, 0) is 55.5 Å². The summed E-state index contributed by atoms with van der Waals surface area (Å²) in [6.45, 7) is 1.98. The number of carbonyl (C=O) groups is 1. The Morgan fingerprint density at radius 2 is 1.74 bits per heavy atom. The predicted molar refractivity (Wildman–Crippen MR) is 130 cm³/mol. The van der Waals surface area contributed by atoms with Crippen molar-refractivity contribution < 1.29 is 18.4 Å². The van der Waals surface area contributed by atoms with E-state index in [2.05, 4.69) is 0 Å². The smallest absolute Gasteiger partial charge is 0.290 e. The van der Waals surface area contributed by atoms with Gasteiger partial charge in [0.2, 0.25) is 0 Å². The number of hydrogen-bond acceptors (Lipinski definition) is 6. The highest BCUT2D eigenvalue weighted by molar-refractivity contribution is 5.91. The Morgan fingerprint density at radius 3 is 2.49 bits per heavy atom. The van der Waals surface area contributed by atoms with Crippen molar-refractivity contribution in [1.29, 1.82) is 0 Å². The molecule has 0 aliphatic heterocycles. The number of rotatable bonds is 7. The van der Waals surface area contributed by atoms with Crippen molar-refractivity contribution in [2.24, 2.45) is 0 Å². The van der Waals surface area contributed by atoms with Gasteiger partial charge in [0, 0.05) is 0 Å². The second-order valence-corrected chi connectivity index (χ2v) is 7.97. The lowest BCUT2D eigenvalue weighted by atomic mass is 10.1. The number of benzene rings is 2. The van der Waals surface area contributed by atoms with Crippen LogP contribution in [-0.2, 0) is 6.54 Å². The Balaban J connectivity index is 1.73. The van der Waals surface area contributed by atoms with Crippen LogP contribution in [0.15, 0.2) is 99.0 Å². The van der Waals surface area contributed by atoms with Crippen LogP contribution in [0.2, 0.25) is 0 Å². The molecule has 8 heteroatoms. The van der Waals surface area contributed by atoms with Gasteiger partial charge in [-0.3, -0.25) is 14.2 Å². The van der Waals surface area contributed by atoms with Crippen molar-refractivity contribution in [3.05, 3.63) is 113 Å². The highest BCUT2D eigenvalue weighted by Crippen LogP contribution is 2.29. The van der Waals surface area contributed by atoms with E-state index >= 15 is 0 Å². The van der Waals surface area contributed by atoms with E-state index in [9.17, 15) is 9.59 Å². The number of nitrogens with zero attached hydrogens (tertiary/aromatic N) is 3. The van der Waals surface area contributed by atoms with Crippen LogP contribution in [0.3, 0.4) is 0 Å². The van der Waals surface area contributed by atoms with Crippen LogP contribution >= 0.6 is 0 Å². The molecule has 0 spiro atoms. The fourth-order valence-electron chi connectivity index (χ4n) is 4.11. The topological polar surface area (TPSA) is 90.7 Å². The second kappa shape index (κ2) is 9.34. The van der Waals surface area contributed by atoms with Crippen LogP contribution in [0.5, 0.6) is 5.75 Å². The van der Waals surface area contributed by atoms with Crippen molar-refractivity contribution >= 4 is 16.8 Å². The summed E-state index contributed by atoms with van der Waals surface area (Å²) < 4.78 is 18.0. The molecule has 1 amide bonds. The van der Waals surface area contributed by atoms with Crippen LogP contribution in [-0.4, -0.2) is 27.5 Å². The van der Waals surface area contributed by atoms with E-state index in [1.807, 2.05) is 25.1 Å². The summed E-state index contributed by atoms with van der Waals surface area (Å²) in [6.07, 6.45) is 3.00. The highest BCUT2D eigenvalue weighted by atomic mass is 16.5. The number of aromatic nitrogens is 2. The van der Waals surface area contributed by atoms with Gasteiger partial charge < -0.3 is 18.5 Å². The van der Waals surface area contributed by atoms with E-state index in [1.165, 1.54) is 10.8 Å². The zero-order chi connectivity index (χ0) is 24.4. The standard InChI is InChI=1S/C27H23N3O5/c1-18(29(17-19-9-7-15-34-19)27(32)24-14-8-16-35-24)25-28-21-11-4-3-10-20(21)26(31)30(25)22-12-5-6-13-23(22)33-2/h3-16,18H,17H2,1-2H3. The Kier molecular flexibility index (Phi) is 5.93. The Labute approximate surface area is 201 Å². The van der Waals surface area contributed by atoms with E-state index in [-0.39, 0.29) is 23.8 Å². The molecular formula is C27H23N3O5. The quantitative estimate of drug-likeness (QED) is 0.334. The van der Waals surface area contributed by atoms with E-state index < -0.39 is 6.04 Å². The number of ether oxygens (including phenoxy) is 1. The third-order valence-corrected chi connectivity index (χ3v) is 5.87. The normalized spacial score (nSPS) is 11.9. The minimum Gasteiger partial charge on any atom is -0.495 e. The number of carbonyl (C=O) groups excluding carboxylic acids is 1. The van der Waals surface area contributed by atoms with Crippen LogP contribution in [0.25, 0.3) is 16.6 Å². The molecule has 3 heterocycles. The third kappa shape index (κ3) is 4.10. The molecule has 176 valence electrons. The van der Waals surface area contributed by atoms with Crippen molar-refractivity contribution in [3.8, 4) is 11.4 Å². The van der Waals surface area contributed by atoms with Gasteiger partial charge >= 0.3 is 0 Å². The maximum atomic E-state index is 13.8. The molecule has 8 nitrogen and oxygen atoms in total. The summed E-state index contributed by atoms with van der Waals surface area (Å²) in [5.74, 6) is 1.30. The number of hydrogen-bond donors (Lipinski definition) is 0. The molecule has 0 radical (unpaired) electrons. The second-order valence-electron chi connectivity index (χ2n) is 7.97. The van der Waals surface area contributed by atoms with Gasteiger partial charge in [-0.25, -0.2) is 4.98 Å². The average molecular weight is 469 g/mol. The van der Waals surface area contributed by atoms with Crippen molar-refractivity contribution in [2.45, 2.75) is 19.5 Å². The van der Waals surface area contributed by atoms with Gasteiger partial charge in [-0.15, -0.1) is 0 Å². The van der Waals surface area contributed by atoms with Gasteiger partial charge in [0.1, 0.15) is 17.3 Å². The molecule has 1 atom stereocenters. The van der Waals surface area contributed by atoms with E-state index in [4.69, 9.17) is 18.6 Å². The number of furan rings is 2. The van der Waals surface area contributed by atoms with Gasteiger partial charge in [-0.2, -0.15) is 0 Å².